The Morgan fingerprint density at radius 3 is 2.59 bits per heavy atom. The summed E-state index contributed by atoms with van der Waals surface area (Å²) in [5.74, 6) is 0.600. The molecule has 2 aromatic heterocycles. The molecular weight excluding hydrogens is 440 g/mol. The van der Waals surface area contributed by atoms with E-state index in [4.69, 9.17) is 13.6 Å². The zero-order valence-corrected chi connectivity index (χ0v) is 17.2. The van der Waals surface area contributed by atoms with Crippen LogP contribution >= 0.6 is 15.9 Å². The number of benzene rings is 1. The van der Waals surface area contributed by atoms with Gasteiger partial charge in [-0.3, -0.25) is 9.59 Å². The maximum atomic E-state index is 12.0. The van der Waals surface area contributed by atoms with E-state index >= 15 is 0 Å². The van der Waals surface area contributed by atoms with E-state index in [0.717, 1.165) is 17.7 Å². The Kier molecular flexibility index (Phi) is 7.66. The van der Waals surface area contributed by atoms with Gasteiger partial charge in [0, 0.05) is 18.8 Å². The highest BCUT2D eigenvalue weighted by molar-refractivity contribution is 9.10. The summed E-state index contributed by atoms with van der Waals surface area (Å²) >= 11 is 3.16. The molecule has 0 spiro atoms. The van der Waals surface area contributed by atoms with E-state index in [1.807, 2.05) is 12.1 Å². The summed E-state index contributed by atoms with van der Waals surface area (Å²) in [4.78, 5) is 24.1. The van der Waals surface area contributed by atoms with E-state index in [1.54, 1.807) is 42.7 Å². The van der Waals surface area contributed by atoms with Gasteiger partial charge in [0.15, 0.2) is 10.4 Å². The van der Waals surface area contributed by atoms with Crippen molar-refractivity contribution in [3.8, 4) is 0 Å². The van der Waals surface area contributed by atoms with Gasteiger partial charge in [0.25, 0.3) is 5.91 Å². The molecule has 0 aliphatic rings. The fourth-order valence-electron chi connectivity index (χ4n) is 2.55. The number of halogens is 1. The highest BCUT2D eigenvalue weighted by Crippen LogP contribution is 2.16. The van der Waals surface area contributed by atoms with Gasteiger partial charge in [-0.2, -0.15) is 0 Å². The molecule has 0 fully saturated rings. The van der Waals surface area contributed by atoms with Gasteiger partial charge in [0.2, 0.25) is 5.91 Å². The number of amides is 2. The highest BCUT2D eigenvalue weighted by atomic mass is 79.9. The van der Waals surface area contributed by atoms with Gasteiger partial charge in [-0.05, 0) is 64.3 Å². The first-order valence-electron chi connectivity index (χ1n) is 9.12. The van der Waals surface area contributed by atoms with E-state index in [1.165, 1.54) is 0 Å². The van der Waals surface area contributed by atoms with E-state index < -0.39 is 0 Å². The molecule has 152 valence electrons. The van der Waals surface area contributed by atoms with Gasteiger partial charge >= 0.3 is 0 Å². The van der Waals surface area contributed by atoms with Crippen LogP contribution in [0.4, 0.5) is 5.69 Å². The van der Waals surface area contributed by atoms with Crippen LogP contribution in [0.1, 0.15) is 28.3 Å². The van der Waals surface area contributed by atoms with Crippen molar-refractivity contribution in [2.75, 3.05) is 18.5 Å². The maximum Gasteiger partial charge on any atom is 0.291 e. The molecule has 7 nitrogen and oxygen atoms in total. The lowest BCUT2D eigenvalue weighted by atomic mass is 10.1. The maximum absolute atomic E-state index is 12.0. The predicted octanol–water partition coefficient (Wildman–Crippen LogP) is 4.15. The van der Waals surface area contributed by atoms with Crippen LogP contribution in [0.5, 0.6) is 0 Å². The quantitative estimate of drug-likeness (QED) is 0.443. The lowest BCUT2D eigenvalue weighted by molar-refractivity contribution is -0.120. The van der Waals surface area contributed by atoms with Gasteiger partial charge in [-0.25, -0.2) is 0 Å². The fraction of sp³-hybridized carbons (Fsp3) is 0.238. The van der Waals surface area contributed by atoms with Crippen molar-refractivity contribution < 1.29 is 23.2 Å². The van der Waals surface area contributed by atoms with Crippen LogP contribution in [0, 0.1) is 0 Å². The third-order valence-corrected chi connectivity index (χ3v) is 4.41. The van der Waals surface area contributed by atoms with Crippen LogP contribution in [0.2, 0.25) is 0 Å². The smallest absolute Gasteiger partial charge is 0.291 e. The van der Waals surface area contributed by atoms with Crippen LogP contribution in [0.3, 0.4) is 0 Å². The van der Waals surface area contributed by atoms with Crippen LogP contribution < -0.4 is 10.6 Å². The Labute approximate surface area is 176 Å². The second kappa shape index (κ2) is 10.6. The first kappa shape index (κ1) is 20.9. The highest BCUT2D eigenvalue weighted by Gasteiger charge is 2.11. The minimum atomic E-state index is -0.338. The number of nitrogens with one attached hydrogen (secondary N) is 2. The van der Waals surface area contributed by atoms with Crippen LogP contribution in [0.25, 0.3) is 0 Å². The van der Waals surface area contributed by atoms with Crippen LogP contribution in [0.15, 0.2) is 68.3 Å². The Morgan fingerprint density at radius 2 is 1.90 bits per heavy atom. The molecule has 0 aliphatic carbocycles. The van der Waals surface area contributed by atoms with Crippen molar-refractivity contribution in [1.82, 2.24) is 5.32 Å². The Balaban J connectivity index is 1.33. The van der Waals surface area contributed by atoms with Crippen LogP contribution in [-0.4, -0.2) is 25.0 Å². The molecule has 0 saturated carbocycles. The fourth-order valence-corrected chi connectivity index (χ4v) is 2.86. The van der Waals surface area contributed by atoms with Crippen molar-refractivity contribution in [1.29, 1.82) is 0 Å². The number of furan rings is 2. The molecule has 3 aromatic rings. The van der Waals surface area contributed by atoms with E-state index in [0.29, 0.717) is 30.1 Å². The molecule has 2 N–H and O–H groups in total. The molecule has 0 unspecified atom stereocenters. The molecule has 0 radical (unpaired) electrons. The van der Waals surface area contributed by atoms with Crippen molar-refractivity contribution >= 4 is 33.4 Å². The monoisotopic (exact) mass is 460 g/mol. The van der Waals surface area contributed by atoms with Gasteiger partial charge in [0.1, 0.15) is 12.4 Å². The number of carbonyl (C=O) groups is 2. The summed E-state index contributed by atoms with van der Waals surface area (Å²) in [6.07, 6.45) is 2.60. The lowest BCUT2D eigenvalue weighted by Gasteiger charge is -2.07. The molecule has 3 rings (SSSR count). The minimum absolute atomic E-state index is 0.0618. The van der Waals surface area contributed by atoms with E-state index in [2.05, 4.69) is 26.6 Å². The van der Waals surface area contributed by atoms with Gasteiger partial charge in [0.05, 0.1) is 12.7 Å². The number of carbonyl (C=O) groups excluding carboxylic acids is 2. The lowest BCUT2D eigenvalue weighted by Crippen LogP contribution is -2.26. The third kappa shape index (κ3) is 6.92. The number of ether oxygens (including phenoxy) is 1. The molecule has 0 bridgehead atoms. The average molecular weight is 461 g/mol. The first-order chi connectivity index (χ1) is 14.1. The first-order valence-corrected chi connectivity index (χ1v) is 9.92. The topological polar surface area (TPSA) is 93.7 Å². The largest absolute Gasteiger partial charge is 0.467 e. The van der Waals surface area contributed by atoms with Gasteiger partial charge < -0.3 is 24.2 Å². The van der Waals surface area contributed by atoms with Crippen molar-refractivity contribution in [2.45, 2.75) is 19.4 Å². The van der Waals surface area contributed by atoms with Gasteiger partial charge in [-0.15, -0.1) is 0 Å². The number of rotatable bonds is 10. The summed E-state index contributed by atoms with van der Waals surface area (Å²) in [6, 6.07) is 14.0. The van der Waals surface area contributed by atoms with Crippen molar-refractivity contribution in [2.24, 2.45) is 0 Å². The van der Waals surface area contributed by atoms with E-state index in [9.17, 15) is 9.59 Å². The minimum Gasteiger partial charge on any atom is -0.467 e. The second-order valence-corrected chi connectivity index (χ2v) is 7.05. The summed E-state index contributed by atoms with van der Waals surface area (Å²) in [5, 5.41) is 5.61. The normalized spacial score (nSPS) is 10.7. The Hall–Kier alpha value is -2.84. The summed E-state index contributed by atoms with van der Waals surface area (Å²) < 4.78 is 16.3. The zero-order chi connectivity index (χ0) is 20.5. The Morgan fingerprint density at radius 1 is 1.07 bits per heavy atom. The molecule has 0 saturated heterocycles. The summed E-state index contributed by atoms with van der Waals surface area (Å²) in [6.45, 7) is 1.52. The summed E-state index contributed by atoms with van der Waals surface area (Å²) in [7, 11) is 0. The summed E-state index contributed by atoms with van der Waals surface area (Å²) in [5.41, 5.74) is 1.48. The standard InChI is InChI=1S/C21H21BrN2O5/c22-19-9-8-18(29-19)21(26)24-16-6-4-15(5-7-16)13-20(25)23-10-2-11-27-14-17-3-1-12-28-17/h1,3-9,12H,2,10-11,13-14H2,(H,23,25)(H,24,26). The third-order valence-electron chi connectivity index (χ3n) is 3.99. The average Bonchev–Trinajstić information content (AvgIpc) is 3.38. The number of anilines is 1. The molecule has 2 heterocycles. The van der Waals surface area contributed by atoms with Crippen LogP contribution in [-0.2, 0) is 22.6 Å². The van der Waals surface area contributed by atoms with E-state index in [-0.39, 0.29) is 24.0 Å². The SMILES string of the molecule is O=C(Cc1ccc(NC(=O)c2ccc(Br)o2)cc1)NCCCOCc1ccco1. The molecule has 29 heavy (non-hydrogen) atoms. The zero-order valence-electron chi connectivity index (χ0n) is 15.7. The van der Waals surface area contributed by atoms with Crippen molar-refractivity contribution in [3.63, 3.8) is 0 Å². The van der Waals surface area contributed by atoms with Crippen molar-refractivity contribution in [3.05, 3.63) is 76.5 Å². The molecule has 8 heteroatoms. The molecule has 0 aliphatic heterocycles. The Bertz CT molecular complexity index is 919. The second-order valence-electron chi connectivity index (χ2n) is 6.27. The number of hydrogen-bond acceptors (Lipinski definition) is 5. The molecule has 1 aromatic carbocycles. The molecular formula is C21H21BrN2O5. The number of hydrogen-bond donors (Lipinski definition) is 2. The molecule has 0 atom stereocenters. The predicted molar refractivity (Wildman–Crippen MR) is 110 cm³/mol. The van der Waals surface area contributed by atoms with Gasteiger partial charge in [-0.1, -0.05) is 12.1 Å². The molecule has 2 amide bonds.